The van der Waals surface area contributed by atoms with Crippen LogP contribution in [0.2, 0.25) is 0 Å². The molecule has 2 rings (SSSR count). The standard InChI is InChI=1S/C23H31F6NO3/c1-15(14-31)2-7-19(8-10-22(24,25)26)30-11-9-16(13-21(32)33)12-20(30)17-3-5-18(6-4-17)23(27,28)29/h3-6,15-16,19-20,31H,2,7-14H2,1H3,(H,32,33)/t15?,16-,19-,20+/m1/s1. The number of rotatable bonds is 10. The molecule has 1 aromatic carbocycles. The van der Waals surface area contributed by atoms with Gasteiger partial charge in [0.1, 0.15) is 0 Å². The van der Waals surface area contributed by atoms with Crippen molar-refractivity contribution < 1.29 is 41.4 Å². The van der Waals surface area contributed by atoms with Gasteiger partial charge in [0.15, 0.2) is 0 Å². The van der Waals surface area contributed by atoms with Gasteiger partial charge in [0.05, 0.1) is 5.56 Å². The normalized spacial score (nSPS) is 22.2. The summed E-state index contributed by atoms with van der Waals surface area (Å²) in [7, 11) is 0. The zero-order valence-electron chi connectivity index (χ0n) is 18.5. The van der Waals surface area contributed by atoms with Crippen molar-refractivity contribution >= 4 is 5.97 Å². The van der Waals surface area contributed by atoms with Gasteiger partial charge in [0.25, 0.3) is 0 Å². The number of alkyl halides is 6. The average Bonchev–Trinajstić information content (AvgIpc) is 2.72. The van der Waals surface area contributed by atoms with Gasteiger partial charge in [-0.15, -0.1) is 0 Å². The van der Waals surface area contributed by atoms with Gasteiger partial charge in [-0.3, -0.25) is 9.69 Å². The Bertz CT molecular complexity index is 750. The summed E-state index contributed by atoms with van der Waals surface area (Å²) < 4.78 is 78.0. The van der Waals surface area contributed by atoms with Gasteiger partial charge in [-0.05, 0) is 68.2 Å². The molecule has 1 fully saturated rings. The number of hydrogen-bond acceptors (Lipinski definition) is 3. The molecule has 4 atom stereocenters. The van der Waals surface area contributed by atoms with Crippen LogP contribution in [0.15, 0.2) is 24.3 Å². The molecule has 0 aromatic heterocycles. The molecule has 1 heterocycles. The third kappa shape index (κ3) is 8.81. The van der Waals surface area contributed by atoms with E-state index in [1.165, 1.54) is 12.1 Å². The zero-order valence-corrected chi connectivity index (χ0v) is 18.5. The lowest BCUT2D eigenvalue weighted by molar-refractivity contribution is -0.141. The van der Waals surface area contributed by atoms with Crippen LogP contribution in [-0.2, 0) is 11.0 Å². The number of halogens is 6. The van der Waals surface area contributed by atoms with Crippen molar-refractivity contribution in [2.24, 2.45) is 11.8 Å². The first-order chi connectivity index (χ1) is 15.3. The molecule has 2 N–H and O–H groups in total. The minimum absolute atomic E-state index is 0.0883. The number of aliphatic hydroxyl groups excluding tert-OH is 1. The molecule has 1 aliphatic heterocycles. The number of carbonyl (C=O) groups is 1. The second-order valence-corrected chi connectivity index (χ2v) is 9.03. The number of aliphatic hydroxyl groups is 1. The van der Waals surface area contributed by atoms with Crippen molar-refractivity contribution in [3.63, 3.8) is 0 Å². The summed E-state index contributed by atoms with van der Waals surface area (Å²) in [6, 6.07) is 3.60. The maximum absolute atomic E-state index is 13.0. The van der Waals surface area contributed by atoms with Crippen molar-refractivity contribution in [1.82, 2.24) is 4.90 Å². The van der Waals surface area contributed by atoms with Gasteiger partial charge in [-0.25, -0.2) is 0 Å². The van der Waals surface area contributed by atoms with Gasteiger partial charge in [0.2, 0.25) is 0 Å². The Balaban J connectivity index is 2.32. The highest BCUT2D eigenvalue weighted by atomic mass is 19.4. The molecule has 0 spiro atoms. The zero-order chi connectivity index (χ0) is 24.8. The van der Waals surface area contributed by atoms with E-state index in [1.807, 2.05) is 4.90 Å². The van der Waals surface area contributed by atoms with Gasteiger partial charge < -0.3 is 10.2 Å². The largest absolute Gasteiger partial charge is 0.481 e. The molecular weight excluding hydrogens is 452 g/mol. The maximum Gasteiger partial charge on any atom is 0.416 e. The summed E-state index contributed by atoms with van der Waals surface area (Å²) in [4.78, 5) is 13.1. The van der Waals surface area contributed by atoms with E-state index < -0.39 is 42.4 Å². The summed E-state index contributed by atoms with van der Waals surface area (Å²) >= 11 is 0. The second-order valence-electron chi connectivity index (χ2n) is 9.03. The SMILES string of the molecule is CC(CO)CC[C@H](CCC(F)(F)F)N1CC[C@@H](CC(=O)O)C[C@H]1c1ccc(C(F)(F)F)cc1. The Hall–Kier alpha value is -1.81. The Kier molecular flexibility index (Phi) is 9.60. The molecule has 0 aliphatic carbocycles. The average molecular weight is 483 g/mol. The molecule has 1 unspecified atom stereocenters. The van der Waals surface area contributed by atoms with Crippen molar-refractivity contribution in [2.75, 3.05) is 13.2 Å². The molecule has 33 heavy (non-hydrogen) atoms. The Morgan fingerprint density at radius 3 is 2.24 bits per heavy atom. The van der Waals surface area contributed by atoms with Crippen molar-refractivity contribution in [2.45, 2.75) is 76.3 Å². The van der Waals surface area contributed by atoms with Crippen LogP contribution in [0.25, 0.3) is 0 Å². The summed E-state index contributed by atoms with van der Waals surface area (Å²) in [5, 5.41) is 18.5. The van der Waals surface area contributed by atoms with Crippen LogP contribution in [0.1, 0.15) is 69.0 Å². The van der Waals surface area contributed by atoms with E-state index in [0.29, 0.717) is 37.8 Å². The highest BCUT2D eigenvalue weighted by Gasteiger charge is 2.37. The van der Waals surface area contributed by atoms with Gasteiger partial charge in [-0.1, -0.05) is 19.1 Å². The van der Waals surface area contributed by atoms with Crippen LogP contribution in [0.4, 0.5) is 26.3 Å². The van der Waals surface area contributed by atoms with Gasteiger partial charge in [0, 0.05) is 31.5 Å². The third-order valence-corrected chi connectivity index (χ3v) is 6.37. The number of benzene rings is 1. The second kappa shape index (κ2) is 11.6. The Morgan fingerprint density at radius 1 is 1.09 bits per heavy atom. The first kappa shape index (κ1) is 27.4. The van der Waals surface area contributed by atoms with Crippen LogP contribution in [0.3, 0.4) is 0 Å². The van der Waals surface area contributed by atoms with Crippen LogP contribution in [-0.4, -0.2) is 46.5 Å². The van der Waals surface area contributed by atoms with E-state index in [9.17, 15) is 41.4 Å². The third-order valence-electron chi connectivity index (χ3n) is 6.37. The lowest BCUT2D eigenvalue weighted by Gasteiger charge is -2.44. The number of carboxylic acids is 1. The highest BCUT2D eigenvalue weighted by molar-refractivity contribution is 5.67. The molecule has 4 nitrogen and oxygen atoms in total. The van der Waals surface area contributed by atoms with Crippen molar-refractivity contribution in [3.8, 4) is 0 Å². The first-order valence-electron chi connectivity index (χ1n) is 11.1. The lowest BCUT2D eigenvalue weighted by atomic mass is 9.83. The molecule has 1 aliphatic rings. The monoisotopic (exact) mass is 483 g/mol. The number of nitrogens with zero attached hydrogens (tertiary/aromatic N) is 1. The maximum atomic E-state index is 13.0. The molecule has 188 valence electrons. The number of carboxylic acid groups (broad SMARTS) is 1. The molecule has 0 amide bonds. The summed E-state index contributed by atoms with van der Waals surface area (Å²) in [5.41, 5.74) is -0.286. The summed E-state index contributed by atoms with van der Waals surface area (Å²) in [5.74, 6) is -1.29. The van der Waals surface area contributed by atoms with Gasteiger partial charge in [-0.2, -0.15) is 26.3 Å². The molecule has 0 bridgehead atoms. The minimum atomic E-state index is -4.51. The van der Waals surface area contributed by atoms with Crippen LogP contribution >= 0.6 is 0 Å². The number of piperidine rings is 1. The fourth-order valence-electron chi connectivity index (χ4n) is 4.52. The van der Waals surface area contributed by atoms with E-state index in [0.717, 1.165) is 12.1 Å². The number of hydrogen-bond donors (Lipinski definition) is 2. The molecular formula is C23H31F6NO3. The predicted molar refractivity (Wildman–Crippen MR) is 110 cm³/mol. The van der Waals surface area contributed by atoms with E-state index in [4.69, 9.17) is 0 Å². The van der Waals surface area contributed by atoms with Crippen LogP contribution in [0, 0.1) is 11.8 Å². The predicted octanol–water partition coefficient (Wildman–Crippen LogP) is 6.05. The number of aliphatic carboxylic acids is 1. The quantitative estimate of drug-likeness (QED) is 0.398. The van der Waals surface area contributed by atoms with E-state index in [1.54, 1.807) is 6.92 Å². The van der Waals surface area contributed by atoms with Crippen LogP contribution in [0.5, 0.6) is 0 Å². The minimum Gasteiger partial charge on any atom is -0.481 e. The highest BCUT2D eigenvalue weighted by Crippen LogP contribution is 2.40. The van der Waals surface area contributed by atoms with Gasteiger partial charge >= 0.3 is 18.3 Å². The van der Waals surface area contributed by atoms with E-state index in [-0.39, 0.29) is 31.3 Å². The molecule has 1 aromatic rings. The summed E-state index contributed by atoms with van der Waals surface area (Å²) in [6.07, 6.45) is -8.36. The van der Waals surface area contributed by atoms with Crippen LogP contribution < -0.4 is 0 Å². The topological polar surface area (TPSA) is 60.8 Å². The lowest BCUT2D eigenvalue weighted by Crippen LogP contribution is -2.44. The molecule has 0 radical (unpaired) electrons. The van der Waals surface area contributed by atoms with E-state index >= 15 is 0 Å². The molecule has 0 saturated carbocycles. The van der Waals surface area contributed by atoms with Crippen molar-refractivity contribution in [3.05, 3.63) is 35.4 Å². The van der Waals surface area contributed by atoms with E-state index in [2.05, 4.69) is 0 Å². The number of likely N-dealkylation sites (tertiary alicyclic amines) is 1. The van der Waals surface area contributed by atoms with Crippen molar-refractivity contribution in [1.29, 1.82) is 0 Å². The smallest absolute Gasteiger partial charge is 0.416 e. The Morgan fingerprint density at radius 2 is 1.73 bits per heavy atom. The molecule has 10 heteroatoms. The fraction of sp³-hybridized carbons (Fsp3) is 0.696. The fourth-order valence-corrected chi connectivity index (χ4v) is 4.52. The first-order valence-corrected chi connectivity index (χ1v) is 11.1. The Labute approximate surface area is 189 Å². The summed E-state index contributed by atoms with van der Waals surface area (Å²) in [6.45, 7) is 2.07. The molecule has 1 saturated heterocycles.